The van der Waals surface area contributed by atoms with Crippen LogP contribution in [0.3, 0.4) is 0 Å². The Kier molecular flexibility index (Phi) is 4.97. The van der Waals surface area contributed by atoms with Crippen LogP contribution >= 0.6 is 6.89 Å². The summed E-state index contributed by atoms with van der Waals surface area (Å²) in [6, 6.07) is -0.269. The fourth-order valence-corrected chi connectivity index (χ4v) is 3.73. The number of nitrogens with zero attached hydrogens (tertiary/aromatic N) is 1. The van der Waals surface area contributed by atoms with E-state index in [1.165, 1.54) is 4.58 Å². The highest BCUT2D eigenvalue weighted by molar-refractivity contribution is 7.72. The van der Waals surface area contributed by atoms with Crippen molar-refractivity contribution >= 4 is 25.4 Å². The fourth-order valence-electron chi connectivity index (χ4n) is 2.78. The number of nitrogens with one attached hydrogen (secondary N) is 1. The first-order valence-corrected chi connectivity index (χ1v) is 10.4. The Bertz CT molecular complexity index is 554. The SMILES string of the molecule is C=C1NC(=O)[N+](C)=CC1[C@@H]1O[C@H](CCP(=C)(C)C)[C@@H](O)[C@H]1O. The Hall–Kier alpha value is -0.940. The summed E-state index contributed by atoms with van der Waals surface area (Å²) in [4.78, 5) is 11.6. The van der Waals surface area contributed by atoms with Gasteiger partial charge in [0.15, 0.2) is 0 Å². The summed E-state index contributed by atoms with van der Waals surface area (Å²) in [7, 11) is 1.62. The van der Waals surface area contributed by atoms with Crippen molar-refractivity contribution in [2.45, 2.75) is 30.8 Å². The standard InChI is InChI=1S/C15H25N2O4P/c1-9-10(8-17(2)15(20)16-9)14-13(19)12(18)11(21-14)6-7-22(3,4)5/h8,10-14,18-19H,1,3,6-7H2,2,4-5H3/p+1/t10?,11-,12-,13-,14+/m1/s1. The molecule has 1 fully saturated rings. The number of ether oxygens (including phenoxy) is 1. The zero-order valence-corrected chi connectivity index (χ0v) is 14.3. The van der Waals surface area contributed by atoms with Crippen LogP contribution in [0.2, 0.25) is 0 Å². The molecule has 2 rings (SSSR count). The van der Waals surface area contributed by atoms with Crippen molar-refractivity contribution in [1.82, 2.24) is 5.32 Å². The Balaban J connectivity index is 2.11. The predicted octanol–water partition coefficient (Wildman–Crippen LogP) is 0.141. The number of hydrogen-bond acceptors (Lipinski definition) is 4. The van der Waals surface area contributed by atoms with Crippen LogP contribution in [0.15, 0.2) is 12.3 Å². The van der Waals surface area contributed by atoms with Gasteiger partial charge in [0.2, 0.25) is 0 Å². The van der Waals surface area contributed by atoms with Crippen molar-refractivity contribution in [3.63, 3.8) is 0 Å². The Labute approximate surface area is 131 Å². The maximum Gasteiger partial charge on any atom is 0.495 e. The minimum absolute atomic E-state index is 0.269. The molecule has 2 aliphatic rings. The van der Waals surface area contributed by atoms with Crippen LogP contribution in [0, 0.1) is 5.92 Å². The van der Waals surface area contributed by atoms with Crippen molar-refractivity contribution in [3.8, 4) is 0 Å². The summed E-state index contributed by atoms with van der Waals surface area (Å²) in [6.45, 7) is 6.87. The van der Waals surface area contributed by atoms with Crippen LogP contribution in [0.25, 0.3) is 0 Å². The lowest BCUT2D eigenvalue weighted by Gasteiger charge is -2.24. The van der Waals surface area contributed by atoms with E-state index < -0.39 is 31.3 Å². The highest BCUT2D eigenvalue weighted by Gasteiger charge is 2.48. The molecule has 0 aromatic heterocycles. The van der Waals surface area contributed by atoms with Crippen LogP contribution in [0.1, 0.15) is 6.42 Å². The van der Waals surface area contributed by atoms with Gasteiger partial charge in [-0.25, -0.2) is 9.89 Å². The monoisotopic (exact) mass is 329 g/mol. The Morgan fingerprint density at radius 2 is 2.05 bits per heavy atom. The smallest absolute Gasteiger partial charge is 0.388 e. The summed E-state index contributed by atoms with van der Waals surface area (Å²) in [5, 5.41) is 23.2. The Morgan fingerprint density at radius 3 is 2.64 bits per heavy atom. The third-order valence-corrected chi connectivity index (χ3v) is 5.62. The summed E-state index contributed by atoms with van der Waals surface area (Å²) in [5.41, 5.74) is 0.477. The molecule has 0 aromatic rings. The van der Waals surface area contributed by atoms with Crippen molar-refractivity contribution in [3.05, 3.63) is 12.3 Å². The van der Waals surface area contributed by atoms with Crippen LogP contribution in [-0.4, -0.2) is 84.3 Å². The van der Waals surface area contributed by atoms with E-state index in [0.717, 1.165) is 6.16 Å². The Morgan fingerprint density at radius 1 is 1.41 bits per heavy atom. The van der Waals surface area contributed by atoms with Crippen LogP contribution < -0.4 is 5.32 Å². The molecule has 3 N–H and O–H groups in total. The van der Waals surface area contributed by atoms with E-state index in [2.05, 4.69) is 31.5 Å². The van der Waals surface area contributed by atoms with Gasteiger partial charge in [-0.2, -0.15) is 4.79 Å². The normalized spacial score (nSPS) is 36.2. The van der Waals surface area contributed by atoms with Crippen LogP contribution in [0.5, 0.6) is 0 Å². The van der Waals surface area contributed by atoms with Crippen molar-refractivity contribution in [2.75, 3.05) is 26.5 Å². The zero-order chi connectivity index (χ0) is 16.7. The summed E-state index contributed by atoms with van der Waals surface area (Å²) in [6.07, 6.45) is 4.42. The topological polar surface area (TPSA) is 81.8 Å². The number of carbonyl (C=O) groups excluding carboxylic acids is 1. The number of hydrogen-bond donors (Lipinski definition) is 3. The molecule has 0 aromatic carbocycles. The second kappa shape index (κ2) is 6.28. The minimum Gasteiger partial charge on any atom is -0.388 e. The first-order valence-electron chi connectivity index (χ1n) is 7.36. The first kappa shape index (κ1) is 17.4. The lowest BCUT2D eigenvalue weighted by atomic mass is 9.93. The van der Waals surface area contributed by atoms with Crippen molar-refractivity contribution in [1.29, 1.82) is 0 Å². The van der Waals surface area contributed by atoms with Gasteiger partial charge >= 0.3 is 6.03 Å². The van der Waals surface area contributed by atoms with Gasteiger partial charge in [0, 0.05) is 0 Å². The third-order valence-electron chi connectivity index (χ3n) is 4.15. The number of amides is 2. The van der Waals surface area contributed by atoms with Gasteiger partial charge in [-0.05, 0) is 25.9 Å². The lowest BCUT2D eigenvalue weighted by molar-refractivity contribution is -0.394. The summed E-state index contributed by atoms with van der Waals surface area (Å²) < 4.78 is 7.30. The van der Waals surface area contributed by atoms with Gasteiger partial charge in [-0.15, -0.1) is 13.2 Å². The molecule has 22 heavy (non-hydrogen) atoms. The molecule has 2 amide bonds. The van der Waals surface area contributed by atoms with Crippen molar-refractivity contribution in [2.24, 2.45) is 5.92 Å². The van der Waals surface area contributed by atoms with Gasteiger partial charge in [0.1, 0.15) is 29.9 Å². The van der Waals surface area contributed by atoms with E-state index in [0.29, 0.717) is 12.1 Å². The molecule has 0 bridgehead atoms. The number of aliphatic hydroxyl groups is 2. The van der Waals surface area contributed by atoms with Gasteiger partial charge in [-0.1, -0.05) is 6.58 Å². The molecule has 0 aliphatic carbocycles. The van der Waals surface area contributed by atoms with E-state index in [-0.39, 0.29) is 11.9 Å². The molecule has 1 saturated heterocycles. The van der Waals surface area contributed by atoms with Gasteiger partial charge in [0.05, 0.1) is 19.4 Å². The lowest BCUT2D eigenvalue weighted by Crippen LogP contribution is -2.47. The third kappa shape index (κ3) is 3.69. The molecule has 0 radical (unpaired) electrons. The highest BCUT2D eigenvalue weighted by atomic mass is 31.2. The van der Waals surface area contributed by atoms with Crippen LogP contribution in [-0.2, 0) is 4.74 Å². The zero-order valence-electron chi connectivity index (χ0n) is 13.4. The van der Waals surface area contributed by atoms with E-state index >= 15 is 0 Å². The van der Waals surface area contributed by atoms with Crippen molar-refractivity contribution < 1.29 is 24.3 Å². The van der Waals surface area contributed by atoms with E-state index in [9.17, 15) is 15.0 Å². The maximum absolute atomic E-state index is 11.6. The average Bonchev–Trinajstić information content (AvgIpc) is 2.68. The van der Waals surface area contributed by atoms with E-state index in [4.69, 9.17) is 4.74 Å². The molecule has 124 valence electrons. The molecular weight excluding hydrogens is 303 g/mol. The molecule has 5 atom stereocenters. The highest BCUT2D eigenvalue weighted by Crippen LogP contribution is 2.39. The first-order chi connectivity index (χ1) is 10.1. The van der Waals surface area contributed by atoms with E-state index in [1.807, 2.05) is 0 Å². The van der Waals surface area contributed by atoms with Gasteiger partial charge in [0.25, 0.3) is 0 Å². The fraction of sp³-hybridized carbons (Fsp3) is 0.667. The predicted molar refractivity (Wildman–Crippen MR) is 89.5 cm³/mol. The molecule has 0 saturated carbocycles. The van der Waals surface area contributed by atoms with E-state index in [1.54, 1.807) is 13.3 Å². The largest absolute Gasteiger partial charge is 0.495 e. The molecule has 2 aliphatic heterocycles. The van der Waals surface area contributed by atoms with Gasteiger partial charge in [-0.3, -0.25) is 0 Å². The molecule has 7 heteroatoms. The van der Waals surface area contributed by atoms with Crippen LogP contribution in [0.4, 0.5) is 4.79 Å². The number of aliphatic hydroxyl groups excluding tert-OH is 2. The second-order valence-electron chi connectivity index (χ2n) is 6.81. The molecule has 0 spiro atoms. The molecule has 6 nitrogen and oxygen atoms in total. The quantitative estimate of drug-likeness (QED) is 0.506. The number of urea groups is 1. The molecule has 1 unspecified atom stereocenters. The number of carbonyl (C=O) groups is 1. The molecule has 2 heterocycles. The minimum atomic E-state index is -1.21. The summed E-state index contributed by atoms with van der Waals surface area (Å²) >= 11 is 0. The summed E-state index contributed by atoms with van der Waals surface area (Å²) in [5.74, 6) is -0.361. The molecular formula is C15H26N2O4P+. The average molecular weight is 329 g/mol. The second-order valence-corrected chi connectivity index (χ2v) is 11.1. The number of rotatable bonds is 4. The van der Waals surface area contributed by atoms with Gasteiger partial charge < -0.3 is 14.9 Å². The maximum atomic E-state index is 11.6.